The molecule has 280 valence electrons. The fourth-order valence-electron chi connectivity index (χ4n) is 8.65. The number of carboxylic acid groups (broad SMARTS) is 1. The number of urea groups is 1. The Morgan fingerprint density at radius 3 is 2.12 bits per heavy atom. The molecule has 1 aromatic heterocycles. The molecule has 1 unspecified atom stereocenters. The van der Waals surface area contributed by atoms with E-state index in [2.05, 4.69) is 51.7 Å². The molecule has 0 spiro atoms. The first-order chi connectivity index (χ1) is 23.2. The van der Waals surface area contributed by atoms with Crippen molar-refractivity contribution in [1.29, 1.82) is 0 Å². The van der Waals surface area contributed by atoms with Gasteiger partial charge in [0.1, 0.15) is 5.54 Å². The van der Waals surface area contributed by atoms with Gasteiger partial charge in [0.05, 0.1) is 31.7 Å². The number of quaternary nitrogens is 1. The first-order valence-electron chi connectivity index (χ1n) is 18.4. The molecule has 3 saturated heterocycles. The zero-order valence-corrected chi connectivity index (χ0v) is 31.3. The van der Waals surface area contributed by atoms with Gasteiger partial charge in [0.15, 0.2) is 0 Å². The van der Waals surface area contributed by atoms with E-state index in [9.17, 15) is 27.7 Å². The van der Waals surface area contributed by atoms with Crippen molar-refractivity contribution in [2.75, 3.05) is 57.3 Å². The largest absolute Gasteiger partial charge is 0.465 e. The fraction of sp³-hybridized carbons (Fsp3) is 0.879. The number of amides is 3. The summed E-state index contributed by atoms with van der Waals surface area (Å²) in [5, 5.41) is 19.3. The van der Waals surface area contributed by atoms with Gasteiger partial charge in [0.25, 0.3) is 0 Å². The minimum Gasteiger partial charge on any atom is -0.465 e. The molecule has 3 amide bonds. The minimum absolute atomic E-state index is 0.173. The van der Waals surface area contributed by atoms with Crippen LogP contribution in [-0.2, 0) is 20.2 Å². The number of anilines is 1. The highest BCUT2D eigenvalue weighted by Gasteiger charge is 2.64. The van der Waals surface area contributed by atoms with Crippen LogP contribution in [0.1, 0.15) is 118 Å². The summed E-state index contributed by atoms with van der Waals surface area (Å²) in [6.07, 6.45) is 9.40. The molecule has 2 N–H and O–H groups in total. The SMILES string of the molecule is CCCC[N+](CCCC)(CCCC)C(CCC)CC(C)(C)[C@]1(c2nnc(N3CCN(C(=O)O)CC3)o2)CC[C@@H]2CN1C(=O)N2OS(=O)(=O)O. The Morgan fingerprint density at radius 2 is 1.61 bits per heavy atom. The molecule has 3 aliphatic heterocycles. The summed E-state index contributed by atoms with van der Waals surface area (Å²) in [5.41, 5.74) is -1.73. The molecule has 3 fully saturated rings. The zero-order valence-electron chi connectivity index (χ0n) is 30.5. The molecule has 2 bridgehead atoms. The molecule has 0 saturated carbocycles. The molecule has 4 heterocycles. The van der Waals surface area contributed by atoms with Crippen molar-refractivity contribution in [3.8, 4) is 0 Å². The average Bonchev–Trinajstić information content (AvgIpc) is 3.64. The highest BCUT2D eigenvalue weighted by molar-refractivity contribution is 7.80. The average molecular weight is 715 g/mol. The van der Waals surface area contributed by atoms with Crippen LogP contribution < -0.4 is 4.90 Å². The third kappa shape index (κ3) is 8.28. The van der Waals surface area contributed by atoms with Gasteiger partial charge in [-0.15, -0.1) is 9.38 Å². The smallest absolute Gasteiger partial charge is 0.418 e. The van der Waals surface area contributed by atoms with Crippen LogP contribution in [-0.4, -0.2) is 124 Å². The van der Waals surface area contributed by atoms with Gasteiger partial charge in [0.2, 0.25) is 5.89 Å². The van der Waals surface area contributed by atoms with E-state index in [1.54, 1.807) is 4.90 Å². The second-order valence-corrected chi connectivity index (χ2v) is 15.9. The number of carbonyl (C=O) groups is 2. The van der Waals surface area contributed by atoms with E-state index in [1.807, 2.05) is 4.90 Å². The van der Waals surface area contributed by atoms with E-state index in [0.717, 1.165) is 87.0 Å². The zero-order chi connectivity index (χ0) is 36.0. The van der Waals surface area contributed by atoms with E-state index < -0.39 is 39.5 Å². The normalized spacial score (nSPS) is 22.7. The number of hydrogen-bond acceptors (Lipinski definition) is 9. The number of rotatable bonds is 19. The molecule has 4 rings (SSSR count). The standard InChI is InChI=1S/C33H59N7O8S/c1-7-11-21-40(22-12-8-2,23-13-9-3)27(14-10-4)24-32(5,6)33(16-15-26-25-38(33)30(41)39(26)48-49(44,45)46)28-34-35-29(47-28)36-17-19-37(20-18-36)31(42)43/h26-27H,7-25H2,1-6H3,(H-,42,43,44,45,46)/p+1/t26-,27?,33-/m1/s1. The van der Waals surface area contributed by atoms with Gasteiger partial charge in [-0.2, -0.15) is 13.5 Å². The van der Waals surface area contributed by atoms with E-state index >= 15 is 0 Å². The number of aromatic nitrogens is 2. The number of nitrogens with zero attached hydrogens (tertiary/aromatic N) is 7. The number of carbonyl (C=O) groups excluding carboxylic acids is 1. The second-order valence-electron chi connectivity index (χ2n) is 14.9. The number of unbranched alkanes of at least 4 members (excludes halogenated alkanes) is 3. The molecule has 16 heteroatoms. The quantitative estimate of drug-likeness (QED) is 0.137. The van der Waals surface area contributed by atoms with E-state index in [-0.39, 0.29) is 18.5 Å². The van der Waals surface area contributed by atoms with Crippen LogP contribution in [0, 0.1) is 5.41 Å². The number of piperidine rings is 1. The summed E-state index contributed by atoms with van der Waals surface area (Å²) >= 11 is 0. The summed E-state index contributed by atoms with van der Waals surface area (Å²) in [4.78, 5) is 30.5. The maximum absolute atomic E-state index is 14.1. The van der Waals surface area contributed by atoms with E-state index in [4.69, 9.17) is 8.70 Å². The molecule has 1 aromatic rings. The number of piperazine rings is 1. The molecule has 15 nitrogen and oxygen atoms in total. The van der Waals surface area contributed by atoms with Crippen LogP contribution in [0.5, 0.6) is 0 Å². The Kier molecular flexibility index (Phi) is 12.9. The number of hydroxylamine groups is 2. The monoisotopic (exact) mass is 714 g/mol. The van der Waals surface area contributed by atoms with Gasteiger partial charge in [-0.3, -0.25) is 4.55 Å². The van der Waals surface area contributed by atoms with Crippen molar-refractivity contribution < 1.29 is 40.9 Å². The van der Waals surface area contributed by atoms with E-state index in [1.165, 1.54) is 4.90 Å². The molecular formula is C33H60N7O8S+. The minimum atomic E-state index is -4.94. The summed E-state index contributed by atoms with van der Waals surface area (Å²) in [7, 11) is -4.94. The molecular weight excluding hydrogens is 654 g/mol. The third-order valence-electron chi connectivity index (χ3n) is 11.3. The molecule has 0 aromatic carbocycles. The Hall–Kier alpha value is -2.69. The Balaban J connectivity index is 1.80. The number of fused-ring (bicyclic) bond motifs is 2. The fourth-order valence-corrected chi connectivity index (χ4v) is 9.04. The second kappa shape index (κ2) is 16.1. The lowest BCUT2D eigenvalue weighted by molar-refractivity contribution is -0.953. The van der Waals surface area contributed by atoms with Crippen LogP contribution in [0.25, 0.3) is 0 Å². The molecule has 3 atom stereocenters. The van der Waals surface area contributed by atoms with Crippen LogP contribution >= 0.6 is 0 Å². The highest BCUT2D eigenvalue weighted by Crippen LogP contribution is 2.56. The maximum Gasteiger partial charge on any atom is 0.418 e. The van der Waals surface area contributed by atoms with Gasteiger partial charge in [0, 0.05) is 44.6 Å². The van der Waals surface area contributed by atoms with Crippen molar-refractivity contribution in [1.82, 2.24) is 25.1 Å². The molecule has 49 heavy (non-hydrogen) atoms. The third-order valence-corrected chi connectivity index (χ3v) is 11.7. The molecule has 3 aliphatic rings. The van der Waals surface area contributed by atoms with Gasteiger partial charge < -0.3 is 28.7 Å². The molecule has 0 aliphatic carbocycles. The lowest BCUT2D eigenvalue weighted by Crippen LogP contribution is -2.63. The predicted octanol–water partition coefficient (Wildman–Crippen LogP) is 5.50. The Labute approximate surface area is 292 Å². The first kappa shape index (κ1) is 39.1. The lowest BCUT2D eigenvalue weighted by atomic mass is 9.63. The summed E-state index contributed by atoms with van der Waals surface area (Å²) in [6.45, 7) is 18.1. The summed E-state index contributed by atoms with van der Waals surface area (Å²) < 4.78 is 45.6. The first-order valence-corrected chi connectivity index (χ1v) is 19.8. The Morgan fingerprint density at radius 1 is 1.02 bits per heavy atom. The summed E-state index contributed by atoms with van der Waals surface area (Å²) in [5.74, 6) is 0.276. The van der Waals surface area contributed by atoms with Crippen molar-refractivity contribution in [2.45, 2.75) is 130 Å². The maximum atomic E-state index is 14.1. The van der Waals surface area contributed by atoms with Crippen LogP contribution in [0.2, 0.25) is 0 Å². The van der Waals surface area contributed by atoms with Crippen LogP contribution in [0.3, 0.4) is 0 Å². The van der Waals surface area contributed by atoms with Crippen molar-refractivity contribution in [3.05, 3.63) is 5.89 Å². The lowest BCUT2D eigenvalue weighted by Gasteiger charge is -2.54. The van der Waals surface area contributed by atoms with Crippen LogP contribution in [0.15, 0.2) is 4.42 Å². The topological polar surface area (TPSA) is 170 Å². The number of hydrogen-bond donors (Lipinski definition) is 2. The summed E-state index contributed by atoms with van der Waals surface area (Å²) in [6, 6.07) is -0.684. The molecule has 0 radical (unpaired) electrons. The van der Waals surface area contributed by atoms with E-state index in [0.29, 0.717) is 45.1 Å². The predicted molar refractivity (Wildman–Crippen MR) is 184 cm³/mol. The van der Waals surface area contributed by atoms with Crippen molar-refractivity contribution in [2.24, 2.45) is 5.41 Å². The van der Waals surface area contributed by atoms with Crippen molar-refractivity contribution in [3.63, 3.8) is 0 Å². The van der Waals surface area contributed by atoms with Crippen molar-refractivity contribution >= 4 is 28.5 Å². The highest BCUT2D eigenvalue weighted by atomic mass is 32.3. The van der Waals surface area contributed by atoms with Crippen LogP contribution in [0.4, 0.5) is 15.6 Å². The van der Waals surface area contributed by atoms with Gasteiger partial charge >= 0.3 is 28.5 Å². The Bertz CT molecular complexity index is 1340. The van der Waals surface area contributed by atoms with Gasteiger partial charge in [-0.05, 0) is 38.5 Å². The van der Waals surface area contributed by atoms with Gasteiger partial charge in [-0.25, -0.2) is 9.59 Å². The van der Waals surface area contributed by atoms with Gasteiger partial charge in [-0.1, -0.05) is 72.3 Å².